The predicted octanol–water partition coefficient (Wildman–Crippen LogP) is 4.74. The molecule has 0 spiro atoms. The fourth-order valence-corrected chi connectivity index (χ4v) is 5.39. The number of esters is 1. The van der Waals surface area contributed by atoms with E-state index < -0.39 is 5.54 Å². The van der Waals surface area contributed by atoms with Gasteiger partial charge in [-0.05, 0) is 68.5 Å². The molecule has 9 heteroatoms. The van der Waals surface area contributed by atoms with Crippen molar-refractivity contribution < 1.29 is 14.3 Å². The summed E-state index contributed by atoms with van der Waals surface area (Å²) in [5.41, 5.74) is 7.29. The molecule has 1 saturated carbocycles. The van der Waals surface area contributed by atoms with Gasteiger partial charge < -0.3 is 20.5 Å². The Labute approximate surface area is 216 Å². The van der Waals surface area contributed by atoms with E-state index >= 15 is 0 Å². The number of nitrogens with one attached hydrogen (secondary N) is 1. The van der Waals surface area contributed by atoms with E-state index in [9.17, 15) is 4.79 Å². The molecule has 0 aromatic carbocycles. The smallest absolute Gasteiger partial charge is 0.338 e. The van der Waals surface area contributed by atoms with Crippen molar-refractivity contribution in [2.75, 3.05) is 18.1 Å². The number of rotatable bonds is 8. The number of anilines is 1. The maximum atomic E-state index is 12.1. The highest BCUT2D eigenvalue weighted by molar-refractivity contribution is 7.99. The molecule has 1 atom stereocenters. The van der Waals surface area contributed by atoms with Crippen LogP contribution in [0.5, 0.6) is 5.88 Å². The Morgan fingerprint density at radius 3 is 2.78 bits per heavy atom. The lowest BCUT2D eigenvalue weighted by Crippen LogP contribution is -2.36. The van der Waals surface area contributed by atoms with Gasteiger partial charge in [0.2, 0.25) is 5.88 Å². The van der Waals surface area contributed by atoms with Crippen LogP contribution < -0.4 is 15.8 Å². The monoisotopic (exact) mass is 509 g/mol. The Morgan fingerprint density at radius 1 is 1.33 bits per heavy atom. The van der Waals surface area contributed by atoms with Crippen molar-refractivity contribution in [3.8, 4) is 5.88 Å². The van der Waals surface area contributed by atoms with Crippen molar-refractivity contribution >= 4 is 40.2 Å². The van der Waals surface area contributed by atoms with Crippen molar-refractivity contribution in [2.45, 2.75) is 70.0 Å². The van der Waals surface area contributed by atoms with Crippen LogP contribution in [0.4, 0.5) is 5.82 Å². The number of nitrogens with zero attached hydrogens (tertiary/aromatic N) is 3. The van der Waals surface area contributed by atoms with E-state index in [-0.39, 0.29) is 18.2 Å². The number of hydrogen-bond donors (Lipinski definition) is 2. The quantitative estimate of drug-likeness (QED) is 0.298. The van der Waals surface area contributed by atoms with E-state index in [0.717, 1.165) is 34.9 Å². The van der Waals surface area contributed by atoms with E-state index in [1.807, 2.05) is 44.7 Å². The summed E-state index contributed by atoms with van der Waals surface area (Å²) in [6.07, 6.45) is 11.7. The van der Waals surface area contributed by atoms with Gasteiger partial charge in [-0.3, -0.25) is 4.99 Å². The summed E-state index contributed by atoms with van der Waals surface area (Å²) >= 11 is 1.98. The molecule has 192 valence electrons. The second kappa shape index (κ2) is 11.0. The second-order valence-corrected chi connectivity index (χ2v) is 11.4. The van der Waals surface area contributed by atoms with Crippen molar-refractivity contribution in [3.05, 3.63) is 47.8 Å². The molecular formula is C27H35N5O3S. The van der Waals surface area contributed by atoms with Crippen LogP contribution in [0.2, 0.25) is 0 Å². The summed E-state index contributed by atoms with van der Waals surface area (Å²) in [5, 5.41) is 5.65. The van der Waals surface area contributed by atoms with Gasteiger partial charge in [0, 0.05) is 36.7 Å². The Balaban J connectivity index is 1.57. The molecule has 0 saturated heterocycles. The fourth-order valence-electron chi connectivity index (χ4n) is 4.21. The van der Waals surface area contributed by atoms with Crippen LogP contribution in [0, 0.1) is 0 Å². The van der Waals surface area contributed by atoms with E-state index in [2.05, 4.69) is 27.2 Å². The largest absolute Gasteiger partial charge is 0.474 e. The SMILES string of the molecule is CCSC1CC(Oc2ncc(C(C)(C)N)c3cc(NC(/C=C\C4=CCC(C)OC4=O)=NC)ncc23)C1. The van der Waals surface area contributed by atoms with Gasteiger partial charge in [-0.15, -0.1) is 0 Å². The number of aliphatic imine (C=N–C) groups is 1. The molecule has 36 heavy (non-hydrogen) atoms. The third kappa shape index (κ3) is 6.07. The highest BCUT2D eigenvalue weighted by Crippen LogP contribution is 2.37. The number of aromatic nitrogens is 2. The first kappa shape index (κ1) is 26.2. The lowest BCUT2D eigenvalue weighted by Gasteiger charge is -2.34. The summed E-state index contributed by atoms with van der Waals surface area (Å²) in [7, 11) is 1.68. The minimum atomic E-state index is -0.603. The van der Waals surface area contributed by atoms with Gasteiger partial charge in [0.05, 0.1) is 11.0 Å². The van der Waals surface area contributed by atoms with E-state index in [0.29, 0.717) is 34.8 Å². The molecule has 0 radical (unpaired) electrons. The zero-order valence-corrected chi connectivity index (χ0v) is 22.4. The molecule has 2 aromatic rings. The number of carbonyl (C=O) groups is 1. The van der Waals surface area contributed by atoms with Crippen LogP contribution in [0.25, 0.3) is 10.8 Å². The lowest BCUT2D eigenvalue weighted by molar-refractivity contribution is -0.144. The zero-order valence-electron chi connectivity index (χ0n) is 21.6. The number of ether oxygens (including phenoxy) is 2. The summed E-state index contributed by atoms with van der Waals surface area (Å²) in [5.74, 6) is 2.54. The minimum absolute atomic E-state index is 0.0980. The molecule has 2 aromatic heterocycles. The van der Waals surface area contributed by atoms with E-state index in [4.69, 9.17) is 15.2 Å². The van der Waals surface area contributed by atoms with Crippen molar-refractivity contribution in [1.82, 2.24) is 9.97 Å². The molecule has 8 nitrogen and oxygen atoms in total. The molecule has 0 bridgehead atoms. The number of pyridine rings is 2. The van der Waals surface area contributed by atoms with Crippen LogP contribution in [0.1, 0.15) is 52.5 Å². The molecule has 1 unspecified atom stereocenters. The molecule has 0 amide bonds. The van der Waals surface area contributed by atoms with Gasteiger partial charge in [0.15, 0.2) is 0 Å². The first-order chi connectivity index (χ1) is 17.2. The van der Waals surface area contributed by atoms with Gasteiger partial charge in [0.1, 0.15) is 23.9 Å². The van der Waals surface area contributed by atoms with Crippen LogP contribution in [0.3, 0.4) is 0 Å². The maximum Gasteiger partial charge on any atom is 0.338 e. The zero-order chi connectivity index (χ0) is 25.9. The molecule has 3 heterocycles. The Morgan fingerprint density at radius 2 is 2.11 bits per heavy atom. The van der Waals surface area contributed by atoms with Crippen molar-refractivity contribution in [2.24, 2.45) is 10.7 Å². The van der Waals surface area contributed by atoms with Gasteiger partial charge in [-0.25, -0.2) is 14.8 Å². The van der Waals surface area contributed by atoms with E-state index in [1.54, 1.807) is 31.6 Å². The standard InChI is InChI=1S/C27H35N5O3S/c1-6-36-19-11-18(12-19)35-25-21-14-30-24(13-20(21)22(15-31-25)27(3,4)28)32-23(29-5)10-9-17-8-7-16(2)34-26(17)33/h8-10,13-16,18-19H,6-7,11-12,28H2,1-5H3,(H,29,30,32)/b10-9-. The minimum Gasteiger partial charge on any atom is -0.474 e. The molecule has 1 aliphatic carbocycles. The lowest BCUT2D eigenvalue weighted by atomic mass is 9.92. The number of carbonyl (C=O) groups excluding carboxylic acids is 1. The van der Waals surface area contributed by atoms with Crippen molar-refractivity contribution in [3.63, 3.8) is 0 Å². The van der Waals surface area contributed by atoms with Gasteiger partial charge in [-0.1, -0.05) is 13.0 Å². The number of nitrogens with two attached hydrogens (primary N) is 1. The Bertz CT molecular complexity index is 1210. The molecule has 1 fully saturated rings. The van der Waals surface area contributed by atoms with Gasteiger partial charge in [0.25, 0.3) is 0 Å². The average molecular weight is 510 g/mol. The summed E-state index contributed by atoms with van der Waals surface area (Å²) in [6, 6.07) is 1.94. The highest BCUT2D eigenvalue weighted by Gasteiger charge is 2.32. The van der Waals surface area contributed by atoms with Gasteiger partial charge >= 0.3 is 5.97 Å². The Hall–Kier alpha value is -2.91. The topological polar surface area (TPSA) is 112 Å². The van der Waals surface area contributed by atoms with Crippen LogP contribution >= 0.6 is 11.8 Å². The molecular weight excluding hydrogens is 474 g/mol. The Kier molecular flexibility index (Phi) is 8.00. The third-order valence-electron chi connectivity index (χ3n) is 6.29. The normalized spacial score (nSPS) is 22.8. The predicted molar refractivity (Wildman–Crippen MR) is 147 cm³/mol. The maximum absolute atomic E-state index is 12.1. The third-order valence-corrected chi connectivity index (χ3v) is 7.48. The number of thioether (sulfide) groups is 1. The number of hydrogen-bond acceptors (Lipinski definition) is 8. The average Bonchev–Trinajstić information content (AvgIpc) is 2.80. The molecule has 2 aliphatic rings. The summed E-state index contributed by atoms with van der Waals surface area (Å²) < 4.78 is 11.5. The summed E-state index contributed by atoms with van der Waals surface area (Å²) in [6.45, 7) is 7.97. The van der Waals surface area contributed by atoms with Crippen LogP contribution in [-0.2, 0) is 15.1 Å². The highest BCUT2D eigenvalue weighted by atomic mass is 32.2. The van der Waals surface area contributed by atoms with Crippen molar-refractivity contribution in [1.29, 1.82) is 0 Å². The molecule has 4 rings (SSSR count). The first-order valence-corrected chi connectivity index (χ1v) is 13.4. The van der Waals surface area contributed by atoms with Gasteiger partial charge in [-0.2, -0.15) is 11.8 Å². The van der Waals surface area contributed by atoms with Crippen LogP contribution in [-0.4, -0.2) is 52.0 Å². The first-order valence-electron chi connectivity index (χ1n) is 12.4. The fraction of sp³-hybridized carbons (Fsp3) is 0.481. The molecule has 3 N–H and O–H groups in total. The summed E-state index contributed by atoms with van der Waals surface area (Å²) in [4.78, 5) is 25.6. The number of cyclic esters (lactones) is 1. The number of fused-ring (bicyclic) bond motifs is 1. The second-order valence-electron chi connectivity index (χ2n) is 9.78. The molecule has 1 aliphatic heterocycles. The number of amidine groups is 1. The van der Waals surface area contributed by atoms with Crippen LogP contribution in [0.15, 0.2) is 47.3 Å². The van der Waals surface area contributed by atoms with E-state index in [1.165, 1.54) is 0 Å².